The fourth-order valence-electron chi connectivity index (χ4n) is 1.20. The van der Waals surface area contributed by atoms with E-state index in [1.165, 1.54) is 19.8 Å². The molecule has 0 aromatic carbocycles. The highest BCUT2D eigenvalue weighted by atomic mass is 16.5. The fraction of sp³-hybridized carbons (Fsp3) is 0.786. The van der Waals surface area contributed by atoms with Gasteiger partial charge in [-0.05, 0) is 19.3 Å². The lowest BCUT2D eigenvalue weighted by atomic mass is 10.0. The van der Waals surface area contributed by atoms with Gasteiger partial charge in [-0.25, -0.2) is 4.79 Å². The molecule has 0 aromatic rings. The van der Waals surface area contributed by atoms with Crippen molar-refractivity contribution in [3.8, 4) is 0 Å². The van der Waals surface area contributed by atoms with Crippen LogP contribution in [-0.2, 0) is 14.3 Å². The molecule has 0 saturated heterocycles. The predicted molar refractivity (Wildman–Crippen MR) is 75.6 cm³/mol. The molecule has 0 saturated carbocycles. The van der Waals surface area contributed by atoms with Crippen molar-refractivity contribution in [1.82, 2.24) is 0 Å². The van der Waals surface area contributed by atoms with Crippen LogP contribution in [0.1, 0.15) is 59.8 Å². The molecule has 5 heteroatoms. The minimum Gasteiger partial charge on any atom is -0.481 e. The molecule has 0 rings (SSSR count). The summed E-state index contributed by atoms with van der Waals surface area (Å²) in [6, 6.07) is 0. The van der Waals surface area contributed by atoms with Crippen molar-refractivity contribution >= 4 is 17.7 Å². The fourth-order valence-corrected chi connectivity index (χ4v) is 1.20. The van der Waals surface area contributed by atoms with Crippen molar-refractivity contribution in [3.63, 3.8) is 0 Å². The molecule has 19 heavy (non-hydrogen) atoms. The standard InChI is InChI=1S/C11H21NO2.C3H6O2/c1-4-6-7-10(5-2)8-14-11(13)9(3)12;1-2-3(4)5/h10,12H,4-8H2,1-3H3;2H2,1H3,(H,4,5). The van der Waals surface area contributed by atoms with E-state index in [1.54, 1.807) is 6.92 Å². The SMILES string of the molecule is CCC(=O)O.CCCCC(CC)COC(=O)C(C)=N. The second kappa shape index (κ2) is 13.1. The van der Waals surface area contributed by atoms with E-state index in [1.807, 2.05) is 0 Å². The lowest BCUT2D eigenvalue weighted by Crippen LogP contribution is -2.18. The van der Waals surface area contributed by atoms with Gasteiger partial charge in [0.05, 0.1) is 6.61 Å². The molecule has 0 amide bonds. The van der Waals surface area contributed by atoms with Crippen LogP contribution in [0.2, 0.25) is 0 Å². The highest BCUT2D eigenvalue weighted by Crippen LogP contribution is 2.12. The average molecular weight is 273 g/mol. The number of nitrogens with one attached hydrogen (secondary N) is 1. The first-order valence-corrected chi connectivity index (χ1v) is 6.82. The van der Waals surface area contributed by atoms with E-state index in [0.29, 0.717) is 12.5 Å². The third-order valence-electron chi connectivity index (χ3n) is 2.60. The van der Waals surface area contributed by atoms with Crippen molar-refractivity contribution in [2.24, 2.45) is 5.92 Å². The van der Waals surface area contributed by atoms with E-state index in [4.69, 9.17) is 15.3 Å². The quantitative estimate of drug-likeness (QED) is 0.525. The number of hydrogen-bond acceptors (Lipinski definition) is 4. The Morgan fingerprint density at radius 1 is 1.26 bits per heavy atom. The highest BCUT2D eigenvalue weighted by molar-refractivity contribution is 6.33. The molecule has 0 spiro atoms. The molecule has 2 N–H and O–H groups in total. The molecule has 0 aliphatic heterocycles. The van der Waals surface area contributed by atoms with Gasteiger partial charge in [0, 0.05) is 6.42 Å². The lowest BCUT2D eigenvalue weighted by molar-refractivity contribution is -0.137. The number of ether oxygens (including phenoxy) is 1. The monoisotopic (exact) mass is 273 g/mol. The van der Waals surface area contributed by atoms with Gasteiger partial charge in [0.1, 0.15) is 5.71 Å². The number of aliphatic carboxylic acids is 1. The zero-order valence-corrected chi connectivity index (χ0v) is 12.5. The van der Waals surface area contributed by atoms with Crippen LogP contribution < -0.4 is 0 Å². The van der Waals surface area contributed by atoms with E-state index in [0.717, 1.165) is 12.8 Å². The Balaban J connectivity index is 0. The van der Waals surface area contributed by atoms with Crippen LogP contribution in [0.25, 0.3) is 0 Å². The number of carboxylic acids is 1. The average Bonchev–Trinajstić information content (AvgIpc) is 2.39. The molecular formula is C14H27NO4. The summed E-state index contributed by atoms with van der Waals surface area (Å²) in [6.45, 7) is 7.77. The second-order valence-electron chi connectivity index (χ2n) is 4.39. The van der Waals surface area contributed by atoms with E-state index < -0.39 is 11.9 Å². The minimum atomic E-state index is -0.745. The van der Waals surface area contributed by atoms with Crippen LogP contribution in [-0.4, -0.2) is 29.4 Å². The molecule has 5 nitrogen and oxygen atoms in total. The van der Waals surface area contributed by atoms with Gasteiger partial charge in [-0.15, -0.1) is 0 Å². The highest BCUT2D eigenvalue weighted by Gasteiger charge is 2.10. The molecule has 0 fully saturated rings. The summed E-state index contributed by atoms with van der Waals surface area (Å²) in [5.74, 6) is -0.775. The number of carbonyl (C=O) groups is 2. The molecule has 0 aromatic heterocycles. The van der Waals surface area contributed by atoms with Crippen LogP contribution >= 0.6 is 0 Å². The summed E-state index contributed by atoms with van der Waals surface area (Å²) in [5, 5.41) is 14.8. The first kappa shape index (κ1) is 19.9. The van der Waals surface area contributed by atoms with Crippen molar-refractivity contribution in [3.05, 3.63) is 0 Å². The van der Waals surface area contributed by atoms with Crippen LogP contribution in [0.3, 0.4) is 0 Å². The second-order valence-corrected chi connectivity index (χ2v) is 4.39. The number of carboxylic acid groups (broad SMARTS) is 1. The molecule has 0 aliphatic carbocycles. The molecule has 0 aliphatic rings. The first-order valence-electron chi connectivity index (χ1n) is 6.82. The normalized spacial score (nSPS) is 10.9. The topological polar surface area (TPSA) is 87.5 Å². The van der Waals surface area contributed by atoms with Crippen LogP contribution in [0, 0.1) is 11.3 Å². The van der Waals surface area contributed by atoms with Crippen LogP contribution in [0.4, 0.5) is 0 Å². The lowest BCUT2D eigenvalue weighted by Gasteiger charge is -2.13. The summed E-state index contributed by atoms with van der Waals surface area (Å²) in [5.41, 5.74) is -0.0182. The van der Waals surface area contributed by atoms with E-state index in [9.17, 15) is 9.59 Å². The predicted octanol–water partition coefficient (Wildman–Crippen LogP) is 3.27. The summed E-state index contributed by atoms with van der Waals surface area (Å²) in [7, 11) is 0. The third kappa shape index (κ3) is 14.6. The number of rotatable bonds is 8. The number of carbonyl (C=O) groups excluding carboxylic acids is 1. The maximum absolute atomic E-state index is 11.0. The zero-order valence-electron chi connectivity index (χ0n) is 12.5. The Hall–Kier alpha value is -1.39. The number of esters is 1. The van der Waals surface area contributed by atoms with Crippen molar-refractivity contribution < 1.29 is 19.4 Å². The van der Waals surface area contributed by atoms with Crippen molar-refractivity contribution in [2.75, 3.05) is 6.61 Å². The van der Waals surface area contributed by atoms with Gasteiger partial charge in [-0.2, -0.15) is 0 Å². The summed E-state index contributed by atoms with van der Waals surface area (Å²) >= 11 is 0. The smallest absolute Gasteiger partial charge is 0.351 e. The van der Waals surface area contributed by atoms with Gasteiger partial charge in [0.2, 0.25) is 0 Å². The maximum atomic E-state index is 11.0. The Morgan fingerprint density at radius 3 is 2.11 bits per heavy atom. The van der Waals surface area contributed by atoms with E-state index in [-0.39, 0.29) is 12.1 Å². The van der Waals surface area contributed by atoms with Crippen LogP contribution in [0.5, 0.6) is 0 Å². The van der Waals surface area contributed by atoms with Crippen molar-refractivity contribution in [1.29, 1.82) is 5.41 Å². The Kier molecular flexibility index (Phi) is 13.7. The molecule has 1 atom stereocenters. The number of hydrogen-bond donors (Lipinski definition) is 2. The Labute approximate surface area is 115 Å². The van der Waals surface area contributed by atoms with Gasteiger partial charge in [0.25, 0.3) is 0 Å². The third-order valence-corrected chi connectivity index (χ3v) is 2.60. The molecular weight excluding hydrogens is 246 g/mol. The first-order chi connectivity index (χ1) is 8.88. The van der Waals surface area contributed by atoms with Gasteiger partial charge in [0.15, 0.2) is 0 Å². The number of unbranched alkanes of at least 4 members (excludes halogenated alkanes) is 1. The summed E-state index contributed by atoms with van der Waals surface area (Å²) in [6.07, 6.45) is 4.72. The van der Waals surface area contributed by atoms with E-state index >= 15 is 0 Å². The Morgan fingerprint density at radius 2 is 1.79 bits per heavy atom. The van der Waals surface area contributed by atoms with Gasteiger partial charge >= 0.3 is 11.9 Å². The Bertz CT molecular complexity index is 277. The molecule has 0 bridgehead atoms. The maximum Gasteiger partial charge on any atom is 0.351 e. The largest absolute Gasteiger partial charge is 0.481 e. The molecule has 1 unspecified atom stereocenters. The van der Waals surface area contributed by atoms with Gasteiger partial charge in [-0.3, -0.25) is 10.2 Å². The van der Waals surface area contributed by atoms with Crippen LogP contribution in [0.15, 0.2) is 0 Å². The molecule has 0 heterocycles. The van der Waals surface area contributed by atoms with Crippen molar-refractivity contribution in [2.45, 2.75) is 59.8 Å². The summed E-state index contributed by atoms with van der Waals surface area (Å²) in [4.78, 5) is 20.4. The zero-order chi connectivity index (χ0) is 15.3. The van der Waals surface area contributed by atoms with Gasteiger partial charge in [-0.1, -0.05) is 40.0 Å². The molecule has 0 radical (unpaired) electrons. The van der Waals surface area contributed by atoms with Gasteiger partial charge < -0.3 is 9.84 Å². The minimum absolute atomic E-state index is 0.0182. The van der Waals surface area contributed by atoms with E-state index in [2.05, 4.69) is 13.8 Å². The summed E-state index contributed by atoms with van der Waals surface area (Å²) < 4.78 is 4.99. The molecule has 112 valence electrons.